The molecule has 0 amide bonds. The Morgan fingerprint density at radius 3 is 2.50 bits per heavy atom. The zero-order valence-corrected chi connectivity index (χ0v) is 10.8. The SMILES string of the molecule is Cc1nnc(Oc2ccc(C#N)cc2F)c(C#N)c1C. The third-order valence-electron chi connectivity index (χ3n) is 2.80. The fraction of sp³-hybridized carbons (Fsp3) is 0.143. The van der Waals surface area contributed by atoms with E-state index >= 15 is 0 Å². The minimum atomic E-state index is -0.701. The predicted octanol–water partition coefficient (Wildman–Crippen LogP) is 2.77. The fourth-order valence-electron chi connectivity index (χ4n) is 1.55. The molecule has 1 aromatic carbocycles. The van der Waals surface area contributed by atoms with Gasteiger partial charge in [0.1, 0.15) is 11.6 Å². The number of halogens is 1. The lowest BCUT2D eigenvalue weighted by molar-refractivity contribution is 0.419. The highest BCUT2D eigenvalue weighted by Gasteiger charge is 2.15. The second-order valence-electron chi connectivity index (χ2n) is 4.06. The smallest absolute Gasteiger partial charge is 0.257 e. The maximum atomic E-state index is 13.7. The van der Waals surface area contributed by atoms with Crippen LogP contribution in [-0.2, 0) is 0 Å². The van der Waals surface area contributed by atoms with E-state index in [1.165, 1.54) is 12.1 Å². The first-order chi connectivity index (χ1) is 9.56. The van der Waals surface area contributed by atoms with Crippen molar-refractivity contribution in [2.75, 3.05) is 0 Å². The van der Waals surface area contributed by atoms with Crippen molar-refractivity contribution in [3.05, 3.63) is 46.4 Å². The third kappa shape index (κ3) is 2.40. The van der Waals surface area contributed by atoms with Gasteiger partial charge in [-0.25, -0.2) is 4.39 Å². The van der Waals surface area contributed by atoms with Crippen LogP contribution < -0.4 is 4.74 Å². The Bertz CT molecular complexity index is 759. The number of rotatable bonds is 2. The second kappa shape index (κ2) is 5.33. The first-order valence-electron chi connectivity index (χ1n) is 5.68. The first kappa shape index (κ1) is 13.4. The number of nitrogens with zero attached hydrogens (tertiary/aromatic N) is 4. The minimum absolute atomic E-state index is 0.0563. The summed E-state index contributed by atoms with van der Waals surface area (Å²) in [6, 6.07) is 7.57. The van der Waals surface area contributed by atoms with Crippen molar-refractivity contribution < 1.29 is 9.13 Å². The van der Waals surface area contributed by atoms with Gasteiger partial charge in [-0.05, 0) is 37.6 Å². The van der Waals surface area contributed by atoms with Gasteiger partial charge >= 0.3 is 0 Å². The standard InChI is InChI=1S/C14H9FN4O/c1-8-9(2)18-19-14(11(8)7-17)20-13-4-3-10(6-16)5-12(13)15/h3-5H,1-2H3. The number of aromatic nitrogens is 2. The van der Waals surface area contributed by atoms with E-state index in [-0.39, 0.29) is 22.8 Å². The minimum Gasteiger partial charge on any atom is -0.433 e. The fourth-order valence-corrected chi connectivity index (χ4v) is 1.55. The summed E-state index contributed by atoms with van der Waals surface area (Å²) in [4.78, 5) is 0. The Hall–Kier alpha value is -2.99. The van der Waals surface area contributed by atoms with Gasteiger partial charge in [0, 0.05) is 0 Å². The molecule has 6 heteroatoms. The van der Waals surface area contributed by atoms with Crippen molar-refractivity contribution in [2.45, 2.75) is 13.8 Å². The number of hydrogen-bond donors (Lipinski definition) is 0. The summed E-state index contributed by atoms with van der Waals surface area (Å²) in [7, 11) is 0. The summed E-state index contributed by atoms with van der Waals surface area (Å²) >= 11 is 0. The quantitative estimate of drug-likeness (QED) is 0.836. The molecule has 5 nitrogen and oxygen atoms in total. The van der Waals surface area contributed by atoms with Crippen LogP contribution in [0.25, 0.3) is 0 Å². The van der Waals surface area contributed by atoms with Gasteiger partial charge in [0.05, 0.1) is 17.3 Å². The molecule has 20 heavy (non-hydrogen) atoms. The van der Waals surface area contributed by atoms with Crippen LogP contribution >= 0.6 is 0 Å². The van der Waals surface area contributed by atoms with Crippen LogP contribution in [0.15, 0.2) is 18.2 Å². The van der Waals surface area contributed by atoms with Gasteiger partial charge < -0.3 is 4.74 Å². The second-order valence-corrected chi connectivity index (χ2v) is 4.06. The number of nitriles is 2. The lowest BCUT2D eigenvalue weighted by Gasteiger charge is -2.09. The van der Waals surface area contributed by atoms with Crippen molar-refractivity contribution in [3.8, 4) is 23.8 Å². The topological polar surface area (TPSA) is 82.6 Å². The lowest BCUT2D eigenvalue weighted by atomic mass is 10.1. The van der Waals surface area contributed by atoms with Crippen molar-refractivity contribution in [1.82, 2.24) is 10.2 Å². The van der Waals surface area contributed by atoms with Crippen LogP contribution in [0.2, 0.25) is 0 Å². The Morgan fingerprint density at radius 2 is 1.90 bits per heavy atom. The van der Waals surface area contributed by atoms with E-state index in [0.717, 1.165) is 6.07 Å². The molecule has 0 aliphatic carbocycles. The Morgan fingerprint density at radius 1 is 1.15 bits per heavy atom. The summed E-state index contributed by atoms with van der Waals surface area (Å²) < 4.78 is 19.0. The van der Waals surface area contributed by atoms with E-state index < -0.39 is 5.82 Å². The number of hydrogen-bond acceptors (Lipinski definition) is 5. The van der Waals surface area contributed by atoms with Crippen LogP contribution in [0.1, 0.15) is 22.4 Å². The summed E-state index contributed by atoms with van der Waals surface area (Å²) in [5.41, 5.74) is 1.63. The Balaban J connectivity index is 2.44. The molecule has 98 valence electrons. The van der Waals surface area contributed by atoms with Gasteiger partial charge in [-0.15, -0.1) is 5.10 Å². The highest BCUT2D eigenvalue weighted by Crippen LogP contribution is 2.27. The van der Waals surface area contributed by atoms with Crippen LogP contribution in [0.5, 0.6) is 11.6 Å². The zero-order valence-electron chi connectivity index (χ0n) is 10.8. The van der Waals surface area contributed by atoms with E-state index in [4.69, 9.17) is 15.3 Å². The average molecular weight is 268 g/mol. The van der Waals surface area contributed by atoms with Gasteiger partial charge in [-0.2, -0.15) is 15.6 Å². The van der Waals surface area contributed by atoms with Gasteiger partial charge in [-0.1, -0.05) is 0 Å². The molecule has 0 radical (unpaired) electrons. The molecule has 1 heterocycles. The van der Waals surface area contributed by atoms with E-state index in [2.05, 4.69) is 10.2 Å². The molecular weight excluding hydrogens is 259 g/mol. The molecule has 0 saturated carbocycles. The molecule has 2 rings (SSSR count). The monoisotopic (exact) mass is 268 g/mol. The first-order valence-corrected chi connectivity index (χ1v) is 5.68. The largest absolute Gasteiger partial charge is 0.433 e. The van der Waals surface area contributed by atoms with E-state index in [0.29, 0.717) is 11.3 Å². The highest BCUT2D eigenvalue weighted by atomic mass is 19.1. The Kier molecular flexibility index (Phi) is 3.58. The predicted molar refractivity (Wildman–Crippen MR) is 67.4 cm³/mol. The summed E-state index contributed by atoms with van der Waals surface area (Å²) in [5.74, 6) is -0.870. The van der Waals surface area contributed by atoms with Crippen LogP contribution in [-0.4, -0.2) is 10.2 Å². The maximum Gasteiger partial charge on any atom is 0.257 e. The molecule has 1 aromatic heterocycles. The number of benzene rings is 1. The molecule has 0 aliphatic rings. The Labute approximate surface area is 114 Å². The molecule has 0 aliphatic heterocycles. The van der Waals surface area contributed by atoms with Crippen molar-refractivity contribution in [1.29, 1.82) is 10.5 Å². The van der Waals surface area contributed by atoms with Crippen LogP contribution in [0, 0.1) is 42.3 Å². The molecular formula is C14H9FN4O. The third-order valence-corrected chi connectivity index (χ3v) is 2.80. The molecule has 0 spiro atoms. The molecule has 0 N–H and O–H groups in total. The normalized spacial score (nSPS) is 9.65. The molecule has 0 bridgehead atoms. The van der Waals surface area contributed by atoms with Crippen molar-refractivity contribution >= 4 is 0 Å². The van der Waals surface area contributed by atoms with Crippen molar-refractivity contribution in [2.24, 2.45) is 0 Å². The lowest BCUT2D eigenvalue weighted by Crippen LogP contribution is -2.01. The van der Waals surface area contributed by atoms with Gasteiger partial charge in [0.2, 0.25) is 0 Å². The van der Waals surface area contributed by atoms with Gasteiger partial charge in [0.25, 0.3) is 5.88 Å². The highest BCUT2D eigenvalue weighted by molar-refractivity contribution is 5.47. The number of ether oxygens (including phenoxy) is 1. The molecule has 0 atom stereocenters. The van der Waals surface area contributed by atoms with Gasteiger partial charge in [-0.3, -0.25) is 0 Å². The van der Waals surface area contributed by atoms with Crippen LogP contribution in [0.4, 0.5) is 4.39 Å². The molecule has 0 unspecified atom stereocenters. The average Bonchev–Trinajstić information content (AvgIpc) is 2.45. The van der Waals surface area contributed by atoms with E-state index in [1.54, 1.807) is 13.8 Å². The summed E-state index contributed by atoms with van der Waals surface area (Å²) in [6.45, 7) is 3.43. The molecule has 2 aromatic rings. The van der Waals surface area contributed by atoms with Crippen LogP contribution in [0.3, 0.4) is 0 Å². The summed E-state index contributed by atoms with van der Waals surface area (Å²) in [6.07, 6.45) is 0. The zero-order chi connectivity index (χ0) is 14.7. The van der Waals surface area contributed by atoms with Gasteiger partial charge in [0.15, 0.2) is 11.6 Å². The summed E-state index contributed by atoms with van der Waals surface area (Å²) in [5, 5.41) is 25.4. The van der Waals surface area contributed by atoms with E-state index in [9.17, 15) is 4.39 Å². The number of aryl methyl sites for hydroxylation is 1. The van der Waals surface area contributed by atoms with E-state index in [1.807, 2.05) is 12.1 Å². The van der Waals surface area contributed by atoms with Crippen molar-refractivity contribution in [3.63, 3.8) is 0 Å². The maximum absolute atomic E-state index is 13.7. The molecule has 0 fully saturated rings. The molecule has 0 saturated heterocycles.